The third-order valence-corrected chi connectivity index (χ3v) is 12.3. The van der Waals surface area contributed by atoms with Gasteiger partial charge in [-0.15, -0.1) is 6.58 Å². The highest BCUT2D eigenvalue weighted by Crippen LogP contribution is 2.52. The summed E-state index contributed by atoms with van der Waals surface area (Å²) >= 11 is 6.32. The first-order chi connectivity index (χ1) is 25.4. The molecular weight excluding hydrogens is 738 g/mol. The molecule has 2 saturated carbocycles. The van der Waals surface area contributed by atoms with Crippen molar-refractivity contribution in [2.45, 2.75) is 82.4 Å². The number of anilines is 1. The molecule has 1 aromatic heterocycles. The number of halogens is 1. The Bertz CT molecular complexity index is 2120. The van der Waals surface area contributed by atoms with Gasteiger partial charge in [0, 0.05) is 39.9 Å². The molecule has 0 radical (unpaired) electrons. The van der Waals surface area contributed by atoms with Gasteiger partial charge in [0.1, 0.15) is 23.4 Å². The van der Waals surface area contributed by atoms with Crippen LogP contribution in [0.4, 0.5) is 10.5 Å². The van der Waals surface area contributed by atoms with Crippen LogP contribution < -0.4 is 19.5 Å². The summed E-state index contributed by atoms with van der Waals surface area (Å²) in [7, 11) is -2.53. The highest BCUT2D eigenvalue weighted by atomic mass is 35.5. The van der Waals surface area contributed by atoms with Gasteiger partial charge in [-0.05, 0) is 74.1 Å². The molecule has 2 aliphatic carbocycles. The van der Waals surface area contributed by atoms with Crippen molar-refractivity contribution in [1.82, 2.24) is 19.5 Å². The van der Waals surface area contributed by atoms with Crippen LogP contribution in [0, 0.1) is 11.3 Å². The Morgan fingerprint density at radius 3 is 2.39 bits per heavy atom. The summed E-state index contributed by atoms with van der Waals surface area (Å²) in [5.41, 5.74) is -2.33. The number of pyridine rings is 1. The fourth-order valence-corrected chi connectivity index (χ4v) is 8.54. The van der Waals surface area contributed by atoms with Crippen molar-refractivity contribution < 1.29 is 42.2 Å². The standard InChI is InChI=1S/C38H44ClN5O9S/c1-7-23-18-38(23,35(48)42-54(50,51)27-13-14-27)44(33(45)31(37(3,4)5)41-25-11-8-22(9-12-25)34(46)47)36(49)43-20-26(16-21(43)2)53-32-29-17-24(39)10-15-28(29)30(52-6)19-40-32/h7-12,15,17,19,21,23,26-27,31,41H,1,13-14,16,18,20H2,2-6H3,(H,42,48)(H,46,47)/t21?,23-,26-,31+,38-/m1/s1. The third kappa shape index (κ3) is 7.43. The smallest absolute Gasteiger partial charge is 0.335 e. The van der Waals surface area contributed by atoms with Crippen molar-refractivity contribution in [3.05, 3.63) is 71.9 Å². The summed E-state index contributed by atoms with van der Waals surface area (Å²) in [5, 5.41) is 13.6. The van der Waals surface area contributed by atoms with Crippen LogP contribution in [0.1, 0.15) is 63.7 Å². The first kappa shape index (κ1) is 38.8. The second-order valence-corrected chi connectivity index (χ2v) is 17.6. The number of ether oxygens (including phenoxy) is 2. The molecule has 4 amide bonds. The van der Waals surface area contributed by atoms with E-state index in [4.69, 9.17) is 21.1 Å². The van der Waals surface area contributed by atoms with Gasteiger partial charge in [-0.1, -0.05) is 38.4 Å². The van der Waals surface area contributed by atoms with Crippen LogP contribution in [0.5, 0.6) is 11.6 Å². The van der Waals surface area contributed by atoms with E-state index in [9.17, 15) is 27.9 Å². The van der Waals surface area contributed by atoms with E-state index in [1.165, 1.54) is 48.5 Å². The lowest BCUT2D eigenvalue weighted by atomic mass is 9.85. The largest absolute Gasteiger partial charge is 0.494 e. The number of carboxylic acid groups (broad SMARTS) is 1. The molecule has 0 bridgehead atoms. The van der Waals surface area contributed by atoms with Crippen molar-refractivity contribution >= 4 is 61.9 Å². The maximum absolute atomic E-state index is 15.0. The molecule has 0 spiro atoms. The van der Waals surface area contributed by atoms with Crippen LogP contribution >= 0.6 is 11.6 Å². The molecule has 3 aromatic rings. The van der Waals surface area contributed by atoms with Crippen LogP contribution in [0.15, 0.2) is 61.3 Å². The molecule has 1 aliphatic heterocycles. The van der Waals surface area contributed by atoms with Crippen LogP contribution in [0.2, 0.25) is 5.02 Å². The van der Waals surface area contributed by atoms with Crippen molar-refractivity contribution in [3.8, 4) is 11.6 Å². The Morgan fingerprint density at radius 2 is 1.81 bits per heavy atom. The van der Waals surface area contributed by atoms with E-state index < -0.39 is 74.1 Å². The molecule has 1 saturated heterocycles. The van der Waals surface area contributed by atoms with E-state index in [-0.39, 0.29) is 24.4 Å². The second kappa shape index (κ2) is 14.4. The summed E-state index contributed by atoms with van der Waals surface area (Å²) in [5.74, 6) is -2.82. The maximum atomic E-state index is 15.0. The van der Waals surface area contributed by atoms with Gasteiger partial charge >= 0.3 is 12.0 Å². The number of aromatic nitrogens is 1. The molecule has 2 heterocycles. The molecule has 3 fully saturated rings. The van der Waals surface area contributed by atoms with E-state index in [0.717, 1.165) is 10.3 Å². The zero-order valence-electron chi connectivity index (χ0n) is 30.7. The number of carbonyl (C=O) groups excluding carboxylic acids is 3. The van der Waals surface area contributed by atoms with Gasteiger partial charge in [0.15, 0.2) is 0 Å². The SMILES string of the molecule is C=C[C@@H]1C[C@@]1(C(=O)NS(=O)(=O)C1CC1)N(C(=O)[C@H](Nc1ccc(C(=O)O)cc1)C(C)(C)C)C(=O)N1C[C@H](Oc2ncc(OC)c3ccc(Cl)cc23)CC1C. The number of fused-ring (bicyclic) bond motifs is 1. The van der Waals surface area contributed by atoms with Crippen molar-refractivity contribution in [1.29, 1.82) is 0 Å². The molecular formula is C38H44ClN5O9S. The molecule has 1 unspecified atom stereocenters. The topological polar surface area (TPSA) is 185 Å². The monoisotopic (exact) mass is 781 g/mol. The number of urea groups is 1. The number of likely N-dealkylation sites (tertiary alicyclic amines) is 1. The summed E-state index contributed by atoms with van der Waals surface area (Å²) < 4.78 is 40.2. The lowest BCUT2D eigenvalue weighted by molar-refractivity contribution is -0.141. The minimum Gasteiger partial charge on any atom is -0.494 e. The number of sulfonamides is 1. The number of carboxylic acids is 1. The van der Waals surface area contributed by atoms with E-state index in [1.54, 1.807) is 45.9 Å². The second-order valence-electron chi connectivity index (χ2n) is 15.2. The number of hydrogen-bond donors (Lipinski definition) is 3. The Labute approximate surface area is 318 Å². The van der Waals surface area contributed by atoms with Gasteiger partial charge in [-0.3, -0.25) is 14.3 Å². The van der Waals surface area contributed by atoms with Gasteiger partial charge < -0.3 is 24.8 Å². The Balaban J connectivity index is 1.36. The van der Waals surface area contributed by atoms with Crippen LogP contribution in [-0.2, 0) is 19.6 Å². The molecule has 3 aliphatic rings. The Hall–Kier alpha value is -4.89. The first-order valence-corrected chi connectivity index (χ1v) is 19.6. The average Bonchev–Trinajstić information content (AvgIpc) is 4.04. The van der Waals surface area contributed by atoms with Crippen LogP contribution in [-0.4, -0.2) is 94.8 Å². The van der Waals surface area contributed by atoms with Crippen molar-refractivity contribution in [2.75, 3.05) is 19.0 Å². The molecule has 2 aromatic carbocycles. The predicted molar refractivity (Wildman–Crippen MR) is 202 cm³/mol. The molecule has 5 atom stereocenters. The lowest BCUT2D eigenvalue weighted by Crippen LogP contribution is -2.64. The maximum Gasteiger partial charge on any atom is 0.335 e. The van der Waals surface area contributed by atoms with Gasteiger partial charge in [0.25, 0.3) is 11.8 Å². The summed E-state index contributed by atoms with van der Waals surface area (Å²) in [6, 6.07) is 8.57. The zero-order chi connectivity index (χ0) is 39.3. The minimum absolute atomic E-state index is 0.0145. The van der Waals surface area contributed by atoms with E-state index >= 15 is 4.79 Å². The van der Waals surface area contributed by atoms with Gasteiger partial charge in [-0.2, -0.15) is 0 Å². The number of methoxy groups -OCH3 is 1. The summed E-state index contributed by atoms with van der Waals surface area (Å²) in [6.45, 7) is 11.0. The number of rotatable bonds is 12. The predicted octanol–water partition coefficient (Wildman–Crippen LogP) is 5.47. The summed E-state index contributed by atoms with van der Waals surface area (Å²) in [4.78, 5) is 62.5. The van der Waals surface area contributed by atoms with Gasteiger partial charge in [0.2, 0.25) is 15.9 Å². The number of carbonyl (C=O) groups is 4. The molecule has 16 heteroatoms. The minimum atomic E-state index is -4.06. The number of imide groups is 1. The molecule has 6 rings (SSSR count). The number of amides is 4. The van der Waals surface area contributed by atoms with Crippen LogP contribution in [0.3, 0.4) is 0 Å². The van der Waals surface area contributed by atoms with Gasteiger partial charge in [0.05, 0.1) is 30.7 Å². The number of aromatic carboxylic acids is 1. The highest BCUT2D eigenvalue weighted by Gasteiger charge is 2.68. The number of nitrogens with one attached hydrogen (secondary N) is 2. The lowest BCUT2D eigenvalue weighted by Gasteiger charge is -2.40. The molecule has 288 valence electrons. The van der Waals surface area contributed by atoms with Crippen LogP contribution in [0.25, 0.3) is 10.8 Å². The van der Waals surface area contributed by atoms with Crippen molar-refractivity contribution in [3.63, 3.8) is 0 Å². The average molecular weight is 782 g/mol. The fourth-order valence-electron chi connectivity index (χ4n) is 7.01. The van der Waals surface area contributed by atoms with E-state index in [1.807, 2.05) is 0 Å². The molecule has 54 heavy (non-hydrogen) atoms. The molecule has 3 N–H and O–H groups in total. The van der Waals surface area contributed by atoms with E-state index in [2.05, 4.69) is 21.6 Å². The van der Waals surface area contributed by atoms with Gasteiger partial charge in [-0.25, -0.2) is 27.9 Å². The first-order valence-electron chi connectivity index (χ1n) is 17.6. The quantitative estimate of drug-likeness (QED) is 0.198. The van der Waals surface area contributed by atoms with Crippen molar-refractivity contribution in [2.24, 2.45) is 11.3 Å². The number of nitrogens with zero attached hydrogens (tertiary/aromatic N) is 3. The third-order valence-electron chi connectivity index (χ3n) is 10.3. The molecule has 14 nitrogen and oxygen atoms in total. The Morgan fingerprint density at radius 1 is 1.13 bits per heavy atom. The highest BCUT2D eigenvalue weighted by molar-refractivity contribution is 7.91. The fraction of sp³-hybridized carbons (Fsp3) is 0.447. The number of benzene rings is 2. The normalized spacial score (nSPS) is 22.9. The Kier molecular flexibility index (Phi) is 10.4. The van der Waals surface area contributed by atoms with E-state index in [0.29, 0.717) is 41.1 Å². The number of hydrogen-bond acceptors (Lipinski definition) is 10. The summed E-state index contributed by atoms with van der Waals surface area (Å²) in [6.07, 6.45) is 3.51. The zero-order valence-corrected chi connectivity index (χ0v) is 32.2.